The van der Waals surface area contributed by atoms with E-state index in [9.17, 15) is 24.1 Å². The summed E-state index contributed by atoms with van der Waals surface area (Å²) >= 11 is 12.0. The summed E-state index contributed by atoms with van der Waals surface area (Å²) in [7, 11) is 0. The molecule has 0 spiro atoms. The van der Waals surface area contributed by atoms with Crippen LogP contribution in [-0.2, 0) is 11.2 Å². The van der Waals surface area contributed by atoms with Crippen molar-refractivity contribution in [1.29, 1.82) is 0 Å². The molecule has 1 aliphatic rings. The van der Waals surface area contributed by atoms with Gasteiger partial charge in [-0.3, -0.25) is 4.98 Å². The van der Waals surface area contributed by atoms with E-state index in [-0.39, 0.29) is 0 Å². The van der Waals surface area contributed by atoms with Crippen molar-refractivity contribution in [1.82, 2.24) is 4.98 Å². The Bertz CT molecular complexity index is 802. The monoisotopic (exact) mass is 419 g/mol. The summed E-state index contributed by atoms with van der Waals surface area (Å²) in [5, 5.41) is 30.0. The Hall–Kier alpha value is -1.35. The molecule has 1 aliphatic heterocycles. The van der Waals surface area contributed by atoms with E-state index in [1.807, 2.05) is 0 Å². The highest BCUT2D eigenvalue weighted by atomic mass is 35.5. The van der Waals surface area contributed by atoms with Crippen molar-refractivity contribution >= 4 is 23.2 Å². The first kappa shape index (κ1) is 20.4. The minimum atomic E-state index is -3.77. The molecule has 2 aromatic rings. The maximum atomic E-state index is 13.9. The second-order valence-corrected chi connectivity index (χ2v) is 7.18. The minimum absolute atomic E-state index is 0.342. The van der Waals surface area contributed by atoms with E-state index in [0.717, 1.165) is 0 Å². The van der Waals surface area contributed by atoms with Gasteiger partial charge < -0.3 is 20.1 Å². The molecule has 0 bridgehead atoms. The Balaban J connectivity index is 1.89. The molecule has 0 aliphatic carbocycles. The molecule has 1 aromatic carbocycles. The van der Waals surface area contributed by atoms with E-state index in [1.54, 1.807) is 24.3 Å². The van der Waals surface area contributed by atoms with E-state index in [4.69, 9.17) is 27.9 Å². The molecule has 27 heavy (non-hydrogen) atoms. The van der Waals surface area contributed by atoms with Gasteiger partial charge in [-0.15, -0.1) is 0 Å². The zero-order valence-electron chi connectivity index (χ0n) is 13.9. The zero-order valence-corrected chi connectivity index (χ0v) is 15.4. The lowest BCUT2D eigenvalue weighted by molar-refractivity contribution is -0.296. The summed E-state index contributed by atoms with van der Waals surface area (Å²) < 4.78 is 33.1. The van der Waals surface area contributed by atoms with Crippen LogP contribution in [0.4, 0.5) is 8.78 Å². The van der Waals surface area contributed by atoms with Crippen LogP contribution in [0.1, 0.15) is 22.9 Å². The van der Waals surface area contributed by atoms with Crippen molar-refractivity contribution in [2.24, 2.45) is 0 Å². The predicted octanol–water partition coefficient (Wildman–Crippen LogP) is 2.77. The molecule has 3 N–H and O–H groups in total. The van der Waals surface area contributed by atoms with Crippen molar-refractivity contribution in [3.8, 4) is 0 Å². The maximum Gasteiger partial charge on any atom is 0.303 e. The lowest BCUT2D eigenvalue weighted by atomic mass is 9.89. The van der Waals surface area contributed by atoms with Crippen molar-refractivity contribution < 1.29 is 28.8 Å². The molecule has 3 rings (SSSR count). The Morgan fingerprint density at radius 2 is 1.89 bits per heavy atom. The molecule has 1 aromatic heterocycles. The van der Waals surface area contributed by atoms with Crippen molar-refractivity contribution in [3.63, 3.8) is 0 Å². The van der Waals surface area contributed by atoms with E-state index in [2.05, 4.69) is 4.98 Å². The molecule has 4 unspecified atom stereocenters. The topological polar surface area (TPSA) is 82.8 Å². The third-order valence-corrected chi connectivity index (χ3v) is 5.08. The lowest BCUT2D eigenvalue weighted by Gasteiger charge is -2.42. The fraction of sp³-hybridized carbons (Fsp3) is 0.389. The number of nitrogens with zero attached hydrogens (tertiary/aromatic N) is 1. The maximum absolute atomic E-state index is 13.9. The van der Waals surface area contributed by atoms with Crippen molar-refractivity contribution in [3.05, 3.63) is 63.4 Å². The number of alkyl halides is 2. The van der Waals surface area contributed by atoms with Gasteiger partial charge in [0.05, 0.1) is 11.6 Å². The van der Waals surface area contributed by atoms with Crippen molar-refractivity contribution in [2.75, 3.05) is 6.61 Å². The highest BCUT2D eigenvalue weighted by molar-refractivity contribution is 6.31. The molecule has 0 saturated carbocycles. The molecule has 0 radical (unpaired) electrons. The van der Waals surface area contributed by atoms with Gasteiger partial charge in [0.25, 0.3) is 0 Å². The van der Waals surface area contributed by atoms with Crippen LogP contribution < -0.4 is 0 Å². The van der Waals surface area contributed by atoms with Crippen LogP contribution in [0.25, 0.3) is 0 Å². The van der Waals surface area contributed by atoms with E-state index in [0.29, 0.717) is 33.3 Å². The molecular formula is C18H17Cl2F2NO4. The summed E-state index contributed by atoms with van der Waals surface area (Å²) in [4.78, 5) is 4.18. The predicted molar refractivity (Wildman–Crippen MR) is 95.2 cm³/mol. The lowest BCUT2D eigenvalue weighted by Crippen LogP contribution is -2.59. The molecule has 2 heterocycles. The summed E-state index contributed by atoms with van der Waals surface area (Å²) in [5.74, 6) is -3.77. The first-order valence-corrected chi connectivity index (χ1v) is 8.88. The number of hydrogen-bond acceptors (Lipinski definition) is 5. The Morgan fingerprint density at radius 3 is 2.52 bits per heavy atom. The van der Waals surface area contributed by atoms with Gasteiger partial charge in [0, 0.05) is 23.3 Å². The van der Waals surface area contributed by atoms with Crippen LogP contribution in [0, 0.1) is 0 Å². The first-order chi connectivity index (χ1) is 12.7. The average molecular weight is 420 g/mol. The molecule has 4 atom stereocenters. The number of rotatable bonds is 4. The second-order valence-electron chi connectivity index (χ2n) is 6.33. The van der Waals surface area contributed by atoms with Crippen molar-refractivity contribution in [2.45, 2.75) is 36.8 Å². The highest BCUT2D eigenvalue weighted by Crippen LogP contribution is 2.41. The summed E-state index contributed by atoms with van der Waals surface area (Å²) in [6.45, 7) is -0.998. The highest BCUT2D eigenvalue weighted by Gasteiger charge is 2.57. The largest absolute Gasteiger partial charge is 0.393 e. The van der Waals surface area contributed by atoms with Crippen LogP contribution in [0.5, 0.6) is 0 Å². The Kier molecular flexibility index (Phi) is 6.00. The minimum Gasteiger partial charge on any atom is -0.393 e. The average Bonchev–Trinajstić information content (AvgIpc) is 2.64. The van der Waals surface area contributed by atoms with Gasteiger partial charge >= 0.3 is 5.92 Å². The molecular weight excluding hydrogens is 403 g/mol. The van der Waals surface area contributed by atoms with E-state index >= 15 is 0 Å². The van der Waals surface area contributed by atoms with Gasteiger partial charge in [-0.05, 0) is 29.3 Å². The quantitative estimate of drug-likeness (QED) is 0.709. The molecule has 1 saturated heterocycles. The number of aromatic nitrogens is 1. The molecule has 146 valence electrons. The number of aliphatic hydroxyl groups is 3. The fourth-order valence-corrected chi connectivity index (χ4v) is 3.28. The number of halogens is 4. The Morgan fingerprint density at radius 1 is 1.15 bits per heavy atom. The van der Waals surface area contributed by atoms with Crippen LogP contribution in [0.3, 0.4) is 0 Å². The van der Waals surface area contributed by atoms with Crippen LogP contribution >= 0.6 is 23.2 Å². The van der Waals surface area contributed by atoms with Gasteiger partial charge in [0.15, 0.2) is 0 Å². The van der Waals surface area contributed by atoms with Crippen LogP contribution in [-0.4, -0.2) is 51.1 Å². The number of benzene rings is 1. The normalized spacial score (nSPS) is 27.5. The summed E-state index contributed by atoms with van der Waals surface area (Å²) in [6.07, 6.45) is -5.58. The second kappa shape index (κ2) is 7.95. The van der Waals surface area contributed by atoms with Gasteiger partial charge in [-0.2, -0.15) is 0 Å². The first-order valence-electron chi connectivity index (χ1n) is 8.13. The number of hydrogen-bond donors (Lipinski definition) is 3. The van der Waals surface area contributed by atoms with Gasteiger partial charge in [0.1, 0.15) is 24.4 Å². The molecule has 0 amide bonds. The third-order valence-electron chi connectivity index (χ3n) is 4.49. The van der Waals surface area contributed by atoms with Gasteiger partial charge in [0.2, 0.25) is 0 Å². The molecule has 5 nitrogen and oxygen atoms in total. The summed E-state index contributed by atoms with van der Waals surface area (Å²) in [5.41, 5.74) is 1.67. The Labute approximate surface area is 164 Å². The smallest absolute Gasteiger partial charge is 0.303 e. The zero-order chi connectivity index (χ0) is 19.8. The third kappa shape index (κ3) is 4.08. The number of ether oxygens (including phenoxy) is 1. The SMILES string of the molecule is OCC1OC(c2ccc(Cl)c(Cc3ccc(Cl)cn3)c2)C(O)C(O)C1(F)F. The fourth-order valence-electron chi connectivity index (χ4n) is 2.99. The standard InChI is InChI=1S/C18H17Cl2F2NO4/c19-11-2-3-12(23-7-11)6-10-5-9(1-4-13(10)20)16-15(25)17(26)18(21,22)14(8-24)27-16/h1-5,7,14-17,24-26H,6,8H2. The van der Waals surface area contributed by atoms with Gasteiger partial charge in [-0.1, -0.05) is 35.3 Å². The number of pyridine rings is 1. The van der Waals surface area contributed by atoms with Crippen LogP contribution in [0.15, 0.2) is 36.5 Å². The summed E-state index contributed by atoms with van der Waals surface area (Å²) in [6, 6.07) is 8.06. The molecule has 1 fully saturated rings. The number of aliphatic hydroxyl groups excluding tert-OH is 3. The van der Waals surface area contributed by atoms with Gasteiger partial charge in [-0.25, -0.2) is 8.78 Å². The van der Waals surface area contributed by atoms with E-state index in [1.165, 1.54) is 12.3 Å². The van der Waals surface area contributed by atoms with Crippen LogP contribution in [0.2, 0.25) is 10.0 Å². The molecule has 9 heteroatoms. The van der Waals surface area contributed by atoms with E-state index < -0.39 is 36.9 Å².